The number of nitrogens with one attached hydrogen (secondary N) is 2. The van der Waals surface area contributed by atoms with Gasteiger partial charge in [0.1, 0.15) is 0 Å². The van der Waals surface area contributed by atoms with E-state index in [9.17, 15) is 0 Å². The van der Waals surface area contributed by atoms with Crippen molar-refractivity contribution in [3.05, 3.63) is 60.3 Å². The van der Waals surface area contributed by atoms with Crippen LogP contribution in [0.25, 0.3) is 0 Å². The molecule has 25 heavy (non-hydrogen) atoms. The molecule has 0 saturated heterocycles. The van der Waals surface area contributed by atoms with Crippen LogP contribution in [0.4, 0.5) is 17.5 Å². The minimum atomic E-state index is 0.0730. The Bertz CT molecular complexity index is 872. The maximum Gasteiger partial charge on any atom is 0.245 e. The van der Waals surface area contributed by atoms with Crippen LogP contribution in [0, 0.1) is 0 Å². The Morgan fingerprint density at radius 3 is 2.76 bits per heavy atom. The van der Waals surface area contributed by atoms with Gasteiger partial charge < -0.3 is 20.1 Å². The fourth-order valence-electron chi connectivity index (χ4n) is 2.57. The predicted octanol–water partition coefficient (Wildman–Crippen LogP) is 3.52. The molecule has 0 aliphatic carbocycles. The van der Waals surface area contributed by atoms with Crippen molar-refractivity contribution in [1.82, 2.24) is 15.2 Å². The van der Waals surface area contributed by atoms with Gasteiger partial charge in [0.15, 0.2) is 17.3 Å². The number of hydrogen-bond acceptors (Lipinski definition) is 7. The van der Waals surface area contributed by atoms with Crippen molar-refractivity contribution in [3.8, 4) is 11.5 Å². The van der Waals surface area contributed by atoms with E-state index in [2.05, 4.69) is 44.9 Å². The van der Waals surface area contributed by atoms with Crippen LogP contribution in [-0.4, -0.2) is 22.0 Å². The molecule has 0 saturated carbocycles. The number of rotatable bonds is 5. The van der Waals surface area contributed by atoms with Gasteiger partial charge in [-0.3, -0.25) is 0 Å². The highest BCUT2D eigenvalue weighted by Gasteiger charge is 2.14. The Balaban J connectivity index is 1.48. The summed E-state index contributed by atoms with van der Waals surface area (Å²) in [5.74, 6) is 2.51. The van der Waals surface area contributed by atoms with Crippen LogP contribution in [-0.2, 0) is 0 Å². The highest BCUT2D eigenvalue weighted by Crippen LogP contribution is 2.34. The van der Waals surface area contributed by atoms with Crippen molar-refractivity contribution < 1.29 is 9.47 Å². The second kappa shape index (κ2) is 6.64. The lowest BCUT2D eigenvalue weighted by atomic mass is 10.1. The number of aromatic nitrogens is 3. The number of benzene rings is 2. The first kappa shape index (κ1) is 15.2. The standard InChI is InChI=1S/C18H17N5O2/c1-12(13-5-3-2-4-6-13)20-18-22-17(10-19-23-18)21-14-7-8-15-16(9-14)25-11-24-15/h2-10,12H,11H2,1H3,(H2,20,21,22,23). The molecule has 1 aliphatic rings. The number of hydrogen-bond donors (Lipinski definition) is 2. The number of nitrogens with zero attached hydrogens (tertiary/aromatic N) is 3. The summed E-state index contributed by atoms with van der Waals surface area (Å²) < 4.78 is 10.7. The average Bonchev–Trinajstić information content (AvgIpc) is 3.10. The van der Waals surface area contributed by atoms with E-state index in [4.69, 9.17) is 9.47 Å². The molecule has 2 N–H and O–H groups in total. The third-order valence-electron chi connectivity index (χ3n) is 3.85. The van der Waals surface area contributed by atoms with Gasteiger partial charge in [0.05, 0.1) is 12.2 Å². The average molecular weight is 335 g/mol. The van der Waals surface area contributed by atoms with Crippen molar-refractivity contribution in [2.75, 3.05) is 17.4 Å². The quantitative estimate of drug-likeness (QED) is 0.738. The van der Waals surface area contributed by atoms with Crippen LogP contribution in [0.1, 0.15) is 18.5 Å². The van der Waals surface area contributed by atoms with E-state index in [1.807, 2.05) is 36.4 Å². The van der Waals surface area contributed by atoms with Gasteiger partial charge in [-0.2, -0.15) is 10.1 Å². The third kappa shape index (κ3) is 3.45. The Kier molecular flexibility index (Phi) is 4.04. The molecule has 2 heterocycles. The first-order chi connectivity index (χ1) is 12.3. The van der Waals surface area contributed by atoms with E-state index in [1.165, 1.54) is 0 Å². The fraction of sp³-hybridized carbons (Fsp3) is 0.167. The second-order valence-corrected chi connectivity index (χ2v) is 5.63. The molecule has 0 spiro atoms. The minimum Gasteiger partial charge on any atom is -0.454 e. The molecular weight excluding hydrogens is 318 g/mol. The Hall–Kier alpha value is -3.35. The van der Waals surface area contributed by atoms with Crippen LogP contribution < -0.4 is 20.1 Å². The summed E-state index contributed by atoms with van der Waals surface area (Å²) in [5, 5.41) is 14.5. The van der Waals surface area contributed by atoms with E-state index in [-0.39, 0.29) is 12.8 Å². The molecule has 1 unspecified atom stereocenters. The topological polar surface area (TPSA) is 81.2 Å². The van der Waals surface area contributed by atoms with Gasteiger partial charge in [-0.15, -0.1) is 5.10 Å². The van der Waals surface area contributed by atoms with E-state index >= 15 is 0 Å². The molecule has 1 aromatic heterocycles. The SMILES string of the molecule is CC(Nc1nncc(Nc2ccc3c(c2)OCO3)n1)c1ccccc1. The van der Waals surface area contributed by atoms with Crippen LogP contribution in [0.3, 0.4) is 0 Å². The van der Waals surface area contributed by atoms with Crippen LogP contribution in [0.5, 0.6) is 11.5 Å². The lowest BCUT2D eigenvalue weighted by Gasteiger charge is -2.14. The maximum absolute atomic E-state index is 5.38. The van der Waals surface area contributed by atoms with E-state index in [0.29, 0.717) is 17.5 Å². The van der Waals surface area contributed by atoms with Crippen LogP contribution >= 0.6 is 0 Å². The lowest BCUT2D eigenvalue weighted by Crippen LogP contribution is -2.10. The summed E-state index contributed by atoms with van der Waals surface area (Å²) in [4.78, 5) is 4.46. The van der Waals surface area contributed by atoms with E-state index in [1.54, 1.807) is 6.20 Å². The van der Waals surface area contributed by atoms with Crippen LogP contribution in [0.15, 0.2) is 54.7 Å². The summed E-state index contributed by atoms with van der Waals surface area (Å²) >= 11 is 0. The second-order valence-electron chi connectivity index (χ2n) is 5.63. The van der Waals surface area contributed by atoms with Crippen molar-refractivity contribution >= 4 is 17.5 Å². The fourth-order valence-corrected chi connectivity index (χ4v) is 2.57. The largest absolute Gasteiger partial charge is 0.454 e. The van der Waals surface area contributed by atoms with Crippen molar-refractivity contribution in [1.29, 1.82) is 0 Å². The molecule has 1 aliphatic heterocycles. The summed E-state index contributed by atoms with van der Waals surface area (Å²) in [7, 11) is 0. The highest BCUT2D eigenvalue weighted by atomic mass is 16.7. The first-order valence-corrected chi connectivity index (χ1v) is 7.96. The summed E-state index contributed by atoms with van der Waals surface area (Å²) in [5.41, 5.74) is 1.99. The number of anilines is 3. The number of fused-ring (bicyclic) bond motifs is 1. The molecular formula is C18H17N5O2. The molecule has 4 rings (SSSR count). The minimum absolute atomic E-state index is 0.0730. The van der Waals surface area contributed by atoms with Crippen LogP contribution in [0.2, 0.25) is 0 Å². The normalized spacial score (nSPS) is 13.3. The Morgan fingerprint density at radius 1 is 1.04 bits per heavy atom. The highest BCUT2D eigenvalue weighted by molar-refractivity contribution is 5.61. The molecule has 7 nitrogen and oxygen atoms in total. The summed E-state index contributed by atoms with van der Waals surface area (Å²) in [6.45, 7) is 2.30. The summed E-state index contributed by atoms with van der Waals surface area (Å²) in [6, 6.07) is 15.8. The molecule has 0 fully saturated rings. The van der Waals surface area contributed by atoms with Gasteiger partial charge in [-0.05, 0) is 24.6 Å². The molecule has 3 aromatic rings. The van der Waals surface area contributed by atoms with Gasteiger partial charge in [0, 0.05) is 11.8 Å². The monoisotopic (exact) mass is 335 g/mol. The lowest BCUT2D eigenvalue weighted by molar-refractivity contribution is 0.174. The molecule has 1 atom stereocenters. The zero-order valence-electron chi connectivity index (χ0n) is 13.6. The zero-order valence-corrected chi connectivity index (χ0v) is 13.6. The predicted molar refractivity (Wildman–Crippen MR) is 94.2 cm³/mol. The van der Waals surface area contributed by atoms with E-state index in [0.717, 1.165) is 17.0 Å². The maximum atomic E-state index is 5.38. The first-order valence-electron chi connectivity index (χ1n) is 7.96. The van der Waals surface area contributed by atoms with Gasteiger partial charge in [-0.25, -0.2) is 0 Å². The Labute approximate surface area is 145 Å². The molecule has 0 radical (unpaired) electrons. The molecule has 7 heteroatoms. The smallest absolute Gasteiger partial charge is 0.245 e. The molecule has 0 amide bonds. The van der Waals surface area contributed by atoms with E-state index < -0.39 is 0 Å². The molecule has 126 valence electrons. The van der Waals surface area contributed by atoms with Gasteiger partial charge in [0.25, 0.3) is 0 Å². The van der Waals surface area contributed by atoms with Crippen molar-refractivity contribution in [2.45, 2.75) is 13.0 Å². The van der Waals surface area contributed by atoms with Crippen molar-refractivity contribution in [3.63, 3.8) is 0 Å². The van der Waals surface area contributed by atoms with Gasteiger partial charge in [0.2, 0.25) is 12.7 Å². The Morgan fingerprint density at radius 2 is 1.88 bits per heavy atom. The molecule has 0 bridgehead atoms. The number of ether oxygens (including phenoxy) is 2. The third-order valence-corrected chi connectivity index (χ3v) is 3.85. The van der Waals surface area contributed by atoms with Gasteiger partial charge in [-0.1, -0.05) is 30.3 Å². The van der Waals surface area contributed by atoms with Crippen molar-refractivity contribution in [2.24, 2.45) is 0 Å². The molecule has 2 aromatic carbocycles. The zero-order chi connectivity index (χ0) is 17.1. The van der Waals surface area contributed by atoms with Gasteiger partial charge >= 0.3 is 0 Å². The summed E-state index contributed by atoms with van der Waals surface area (Å²) in [6.07, 6.45) is 1.57.